The molecule has 1 aromatic rings. The van der Waals surface area contributed by atoms with Crippen LogP contribution in [0.4, 0.5) is 13.6 Å². The lowest BCUT2D eigenvalue weighted by molar-refractivity contribution is -0.104. The number of halogens is 3. The van der Waals surface area contributed by atoms with Crippen molar-refractivity contribution in [2.45, 2.75) is 18.9 Å². The molecule has 2 rings (SSSR count). The monoisotopic (exact) mass is 305 g/mol. The van der Waals surface area contributed by atoms with Gasteiger partial charge in [-0.25, -0.2) is 13.6 Å². The lowest BCUT2D eigenvalue weighted by atomic mass is 9.96. The highest BCUT2D eigenvalue weighted by Crippen LogP contribution is 2.36. The van der Waals surface area contributed by atoms with Crippen molar-refractivity contribution in [2.24, 2.45) is 0 Å². The van der Waals surface area contributed by atoms with Crippen molar-refractivity contribution in [1.29, 1.82) is 0 Å². The Morgan fingerprint density at radius 3 is 2.94 bits per heavy atom. The van der Waals surface area contributed by atoms with E-state index in [9.17, 15) is 13.6 Å². The number of benzene rings is 1. The predicted octanol–water partition coefficient (Wildman–Crippen LogP) is 3.17. The van der Waals surface area contributed by atoms with E-state index < -0.39 is 24.7 Å². The van der Waals surface area contributed by atoms with Crippen LogP contribution >= 0.6 is 15.9 Å². The number of amides is 1. The number of carbonyl (C=O) groups is 1. The first-order valence-electron chi connectivity index (χ1n) is 4.97. The molecule has 1 atom stereocenters. The van der Waals surface area contributed by atoms with Gasteiger partial charge in [0.2, 0.25) is 0 Å². The number of nitrogens with one attached hydrogen (secondary N) is 1. The van der Waals surface area contributed by atoms with Gasteiger partial charge in [-0.1, -0.05) is 22.0 Å². The molecule has 0 saturated carbocycles. The van der Waals surface area contributed by atoms with Crippen LogP contribution < -0.4 is 5.32 Å². The van der Waals surface area contributed by atoms with Gasteiger partial charge in [-0.3, -0.25) is 0 Å². The summed E-state index contributed by atoms with van der Waals surface area (Å²) in [6.07, 6.45) is -0.819. The highest BCUT2D eigenvalue weighted by molar-refractivity contribution is 9.10. The van der Waals surface area contributed by atoms with Crippen LogP contribution in [0.25, 0.3) is 0 Å². The number of carbonyl (C=O) groups excluding carboxylic acids is 1. The van der Waals surface area contributed by atoms with Gasteiger partial charge in [0, 0.05) is 4.47 Å². The minimum atomic E-state index is -3.11. The second-order valence-corrected chi connectivity index (χ2v) is 4.83. The van der Waals surface area contributed by atoms with Crippen molar-refractivity contribution in [1.82, 2.24) is 5.32 Å². The molecule has 1 amide bonds. The second kappa shape index (κ2) is 4.25. The fourth-order valence-electron chi connectivity index (χ4n) is 1.74. The van der Waals surface area contributed by atoms with E-state index in [2.05, 4.69) is 26.0 Å². The van der Waals surface area contributed by atoms with Crippen molar-refractivity contribution in [3.05, 3.63) is 33.8 Å². The molecule has 1 aliphatic rings. The summed E-state index contributed by atoms with van der Waals surface area (Å²) in [6.45, 7) is 0.828. The lowest BCUT2D eigenvalue weighted by Gasteiger charge is -2.32. The molecule has 1 fully saturated rings. The van der Waals surface area contributed by atoms with Crippen LogP contribution in [0.15, 0.2) is 22.7 Å². The molecular formula is C11H10BrF2NO2. The van der Waals surface area contributed by atoms with Gasteiger partial charge >= 0.3 is 12.0 Å². The number of hydrogen-bond acceptors (Lipinski definition) is 2. The van der Waals surface area contributed by atoms with Gasteiger partial charge < -0.3 is 10.1 Å². The molecule has 1 aromatic carbocycles. The molecule has 0 unspecified atom stereocenters. The molecule has 6 heteroatoms. The third-order valence-corrected chi connectivity index (χ3v) is 3.13. The van der Waals surface area contributed by atoms with Gasteiger partial charge in [-0.2, -0.15) is 0 Å². The maximum Gasteiger partial charge on any atom is 0.408 e. The Hall–Kier alpha value is -1.17. The van der Waals surface area contributed by atoms with E-state index in [1.54, 1.807) is 25.1 Å². The fraction of sp³-hybridized carbons (Fsp3) is 0.364. The average Bonchev–Trinajstić information content (AvgIpc) is 2.26. The molecule has 1 heterocycles. The highest BCUT2D eigenvalue weighted by Gasteiger charge is 2.47. The molecular weight excluding hydrogens is 296 g/mol. The average molecular weight is 306 g/mol. The summed E-state index contributed by atoms with van der Waals surface area (Å²) in [5.74, 6) is -3.11. The van der Waals surface area contributed by atoms with Gasteiger partial charge in [0.05, 0.1) is 0 Å². The van der Waals surface area contributed by atoms with Gasteiger partial charge in [-0.05, 0) is 30.2 Å². The Balaban J connectivity index is 2.42. The van der Waals surface area contributed by atoms with Crippen LogP contribution in [0, 0.1) is 6.92 Å². The molecule has 92 valence electrons. The Bertz CT molecular complexity index is 465. The summed E-state index contributed by atoms with van der Waals surface area (Å²) in [5, 5.41) is 2.16. The molecule has 17 heavy (non-hydrogen) atoms. The first-order valence-corrected chi connectivity index (χ1v) is 5.76. The Morgan fingerprint density at radius 1 is 1.53 bits per heavy atom. The minimum Gasteiger partial charge on any atom is -0.443 e. The van der Waals surface area contributed by atoms with Crippen molar-refractivity contribution >= 4 is 22.0 Å². The summed E-state index contributed by atoms with van der Waals surface area (Å²) in [4.78, 5) is 11.1. The zero-order valence-corrected chi connectivity index (χ0v) is 10.6. The molecule has 0 aromatic heterocycles. The van der Waals surface area contributed by atoms with Crippen LogP contribution in [-0.2, 0) is 4.74 Å². The summed E-state index contributed by atoms with van der Waals surface area (Å²) >= 11 is 3.23. The van der Waals surface area contributed by atoms with E-state index in [1.807, 2.05) is 0 Å². The second-order valence-electron chi connectivity index (χ2n) is 3.92. The molecule has 1 N–H and O–H groups in total. The minimum absolute atomic E-state index is 0.390. The van der Waals surface area contributed by atoms with Crippen LogP contribution in [-0.4, -0.2) is 18.6 Å². The number of cyclic esters (lactones) is 1. The topological polar surface area (TPSA) is 38.3 Å². The zero-order chi connectivity index (χ0) is 12.6. The number of hydrogen-bond donors (Lipinski definition) is 1. The number of aryl methyl sites for hydroxylation is 1. The Morgan fingerprint density at radius 2 is 2.24 bits per heavy atom. The largest absolute Gasteiger partial charge is 0.443 e. The smallest absolute Gasteiger partial charge is 0.408 e. The van der Waals surface area contributed by atoms with Gasteiger partial charge in [-0.15, -0.1) is 0 Å². The van der Waals surface area contributed by atoms with Crippen molar-refractivity contribution in [3.8, 4) is 0 Å². The third-order valence-electron chi connectivity index (χ3n) is 2.63. The molecule has 0 radical (unpaired) electrons. The predicted molar refractivity (Wildman–Crippen MR) is 61.1 cm³/mol. The van der Waals surface area contributed by atoms with E-state index in [-0.39, 0.29) is 0 Å². The van der Waals surface area contributed by atoms with E-state index in [4.69, 9.17) is 0 Å². The summed E-state index contributed by atoms with van der Waals surface area (Å²) in [6, 6.07) is 3.72. The quantitative estimate of drug-likeness (QED) is 0.865. The van der Waals surface area contributed by atoms with Gasteiger partial charge in [0.1, 0.15) is 6.04 Å². The Labute approximate surface area is 105 Å². The van der Waals surface area contributed by atoms with Crippen molar-refractivity contribution < 1.29 is 18.3 Å². The van der Waals surface area contributed by atoms with E-state index in [1.165, 1.54) is 0 Å². The first-order chi connectivity index (χ1) is 7.90. The van der Waals surface area contributed by atoms with Gasteiger partial charge in [0.15, 0.2) is 6.61 Å². The van der Waals surface area contributed by atoms with E-state index >= 15 is 0 Å². The van der Waals surface area contributed by atoms with Crippen LogP contribution in [0.3, 0.4) is 0 Å². The summed E-state index contributed by atoms with van der Waals surface area (Å²) < 4.78 is 32.4. The summed E-state index contributed by atoms with van der Waals surface area (Å²) in [7, 11) is 0. The van der Waals surface area contributed by atoms with E-state index in [0.29, 0.717) is 15.6 Å². The fourth-order valence-corrected chi connectivity index (χ4v) is 2.12. The first kappa shape index (κ1) is 12.3. The van der Waals surface area contributed by atoms with Crippen LogP contribution in [0.2, 0.25) is 0 Å². The van der Waals surface area contributed by atoms with Crippen LogP contribution in [0.1, 0.15) is 17.2 Å². The molecule has 3 nitrogen and oxygen atoms in total. The summed E-state index contributed by atoms with van der Waals surface area (Å²) in [5.41, 5.74) is 1.08. The third kappa shape index (κ3) is 2.41. The molecule has 0 aliphatic carbocycles. The maximum atomic E-state index is 13.7. The normalized spacial score (nSPS) is 22.8. The Kier molecular flexibility index (Phi) is 3.07. The van der Waals surface area contributed by atoms with Crippen LogP contribution in [0.5, 0.6) is 0 Å². The standard InChI is InChI=1S/C11H10BrF2NO2/c1-6-2-3-7(12)4-8(6)9-11(13,14)5-17-10(16)15-9/h2-4,9H,5H2,1H3,(H,15,16)/t9-/m0/s1. The molecule has 0 bridgehead atoms. The molecule has 1 aliphatic heterocycles. The molecule has 1 saturated heterocycles. The number of alkyl halides is 2. The lowest BCUT2D eigenvalue weighted by Crippen LogP contribution is -2.49. The zero-order valence-electron chi connectivity index (χ0n) is 8.97. The number of ether oxygens (including phenoxy) is 1. The number of alkyl carbamates (subject to hydrolysis) is 1. The maximum absolute atomic E-state index is 13.7. The highest BCUT2D eigenvalue weighted by atomic mass is 79.9. The van der Waals surface area contributed by atoms with E-state index in [0.717, 1.165) is 0 Å². The SMILES string of the molecule is Cc1ccc(Br)cc1[C@@H]1NC(=O)OCC1(F)F. The molecule has 0 spiro atoms. The van der Waals surface area contributed by atoms with Gasteiger partial charge in [0.25, 0.3) is 0 Å². The van der Waals surface area contributed by atoms with Crippen molar-refractivity contribution in [2.75, 3.05) is 6.61 Å². The number of rotatable bonds is 1. The van der Waals surface area contributed by atoms with Crippen molar-refractivity contribution in [3.63, 3.8) is 0 Å².